The molecule has 1 aliphatic heterocycles. The number of likely N-dealkylation sites (N-methyl/N-ethyl adjacent to an activating group) is 1. The van der Waals surface area contributed by atoms with Crippen LogP contribution in [0.15, 0.2) is 18.2 Å². The van der Waals surface area contributed by atoms with Gasteiger partial charge in [-0.25, -0.2) is 0 Å². The van der Waals surface area contributed by atoms with Crippen LogP contribution < -0.4 is 5.32 Å². The van der Waals surface area contributed by atoms with Crippen molar-refractivity contribution >= 4 is 11.8 Å². The summed E-state index contributed by atoms with van der Waals surface area (Å²) in [4.78, 5) is 25.1. The van der Waals surface area contributed by atoms with Crippen molar-refractivity contribution in [3.63, 3.8) is 0 Å². The smallest absolute Gasteiger partial charge is 0.260 e. The number of imide groups is 1. The van der Waals surface area contributed by atoms with Crippen LogP contribution >= 0.6 is 0 Å². The highest BCUT2D eigenvalue weighted by Crippen LogP contribution is 2.28. The summed E-state index contributed by atoms with van der Waals surface area (Å²) in [5.41, 5.74) is 2.60. The first-order valence-electron chi connectivity index (χ1n) is 7.10. The Morgan fingerprint density at radius 1 is 1.35 bits per heavy atom. The predicted molar refractivity (Wildman–Crippen MR) is 78.5 cm³/mol. The number of benzene rings is 1. The Bertz CT molecular complexity index is 539. The van der Waals surface area contributed by atoms with Gasteiger partial charge in [0.1, 0.15) is 0 Å². The molecule has 2 unspecified atom stereocenters. The fourth-order valence-electron chi connectivity index (χ4n) is 2.73. The van der Waals surface area contributed by atoms with Crippen LogP contribution in [0.4, 0.5) is 0 Å². The van der Waals surface area contributed by atoms with Gasteiger partial charge in [-0.3, -0.25) is 14.5 Å². The van der Waals surface area contributed by atoms with E-state index < -0.39 is 0 Å². The Morgan fingerprint density at radius 3 is 2.65 bits per heavy atom. The van der Waals surface area contributed by atoms with Gasteiger partial charge in [-0.2, -0.15) is 0 Å². The summed E-state index contributed by atoms with van der Waals surface area (Å²) in [6.07, 6.45) is 1.38. The van der Waals surface area contributed by atoms with Crippen molar-refractivity contribution in [3.8, 4) is 0 Å². The van der Waals surface area contributed by atoms with Crippen LogP contribution in [0.5, 0.6) is 0 Å². The number of hydrogen-bond donors (Lipinski definition) is 1. The molecule has 0 aliphatic carbocycles. The van der Waals surface area contributed by atoms with E-state index in [9.17, 15) is 9.59 Å². The Hall–Kier alpha value is -1.68. The molecule has 2 rings (SSSR count). The lowest BCUT2D eigenvalue weighted by molar-refractivity contribution is -0.127. The molecule has 0 saturated carbocycles. The van der Waals surface area contributed by atoms with Gasteiger partial charge in [-0.05, 0) is 30.2 Å². The zero-order valence-corrected chi connectivity index (χ0v) is 12.6. The zero-order valence-electron chi connectivity index (χ0n) is 12.6. The van der Waals surface area contributed by atoms with E-state index in [-0.39, 0.29) is 17.9 Å². The fraction of sp³-hybridized carbons (Fsp3) is 0.500. The molecule has 0 spiro atoms. The molecular weight excluding hydrogens is 252 g/mol. The largest absolute Gasteiger partial charge is 0.313 e. The monoisotopic (exact) mass is 274 g/mol. The molecule has 0 fully saturated rings. The minimum atomic E-state index is -0.197. The zero-order chi connectivity index (χ0) is 14.9. The Kier molecular flexibility index (Phi) is 4.23. The minimum absolute atomic E-state index is 0.137. The van der Waals surface area contributed by atoms with Crippen molar-refractivity contribution in [2.24, 2.45) is 5.92 Å². The summed E-state index contributed by atoms with van der Waals surface area (Å²) in [7, 11) is 3.48. The third-order valence-corrected chi connectivity index (χ3v) is 4.27. The van der Waals surface area contributed by atoms with Crippen molar-refractivity contribution < 1.29 is 9.59 Å². The minimum Gasteiger partial charge on any atom is -0.313 e. The Balaban J connectivity index is 2.41. The molecule has 4 heteroatoms. The van der Waals surface area contributed by atoms with Crippen LogP contribution in [-0.2, 0) is 11.2 Å². The second kappa shape index (κ2) is 5.75. The van der Waals surface area contributed by atoms with Crippen LogP contribution in [0.3, 0.4) is 0 Å². The first kappa shape index (κ1) is 14.7. The number of carbonyl (C=O) groups is 2. The Labute approximate surface area is 120 Å². The van der Waals surface area contributed by atoms with Crippen LogP contribution in [0, 0.1) is 5.92 Å². The molecule has 0 bridgehead atoms. The van der Waals surface area contributed by atoms with Gasteiger partial charge in [-0.1, -0.05) is 32.4 Å². The second-order valence-electron chi connectivity index (χ2n) is 5.50. The number of fused-ring (bicyclic) bond motifs is 1. The second-order valence-corrected chi connectivity index (χ2v) is 5.50. The lowest BCUT2D eigenvalue weighted by Gasteiger charge is -2.27. The topological polar surface area (TPSA) is 49.4 Å². The van der Waals surface area contributed by atoms with E-state index in [2.05, 4.69) is 19.2 Å². The summed E-state index contributed by atoms with van der Waals surface area (Å²) < 4.78 is 0. The summed E-state index contributed by atoms with van der Waals surface area (Å²) in [5, 5.41) is 3.32. The highest BCUT2D eigenvalue weighted by atomic mass is 16.2. The molecule has 2 amide bonds. The molecule has 4 nitrogen and oxygen atoms in total. The van der Waals surface area contributed by atoms with Crippen molar-refractivity contribution in [1.82, 2.24) is 10.2 Å². The number of rotatable bonds is 4. The van der Waals surface area contributed by atoms with E-state index in [1.807, 2.05) is 25.2 Å². The molecule has 2 atom stereocenters. The van der Waals surface area contributed by atoms with Crippen LogP contribution in [-0.4, -0.2) is 30.8 Å². The van der Waals surface area contributed by atoms with Gasteiger partial charge >= 0.3 is 0 Å². The van der Waals surface area contributed by atoms with Gasteiger partial charge in [0.05, 0.1) is 6.42 Å². The summed E-state index contributed by atoms with van der Waals surface area (Å²) in [6.45, 7) is 4.35. The average Bonchev–Trinajstić information content (AvgIpc) is 2.46. The molecule has 0 aromatic heterocycles. The number of carbonyl (C=O) groups excluding carboxylic acids is 2. The van der Waals surface area contributed by atoms with Gasteiger partial charge in [-0.15, -0.1) is 0 Å². The third-order valence-electron chi connectivity index (χ3n) is 4.27. The number of hydrogen-bond acceptors (Lipinski definition) is 3. The highest BCUT2D eigenvalue weighted by molar-refractivity contribution is 6.09. The van der Waals surface area contributed by atoms with Gasteiger partial charge in [0.2, 0.25) is 5.91 Å². The maximum Gasteiger partial charge on any atom is 0.260 e. The first-order chi connectivity index (χ1) is 9.49. The summed E-state index contributed by atoms with van der Waals surface area (Å²) in [5.74, 6) is 0.149. The van der Waals surface area contributed by atoms with Gasteiger partial charge in [0.25, 0.3) is 5.91 Å². The number of amides is 2. The quantitative estimate of drug-likeness (QED) is 0.856. The maximum atomic E-state index is 12.2. The fourth-order valence-corrected chi connectivity index (χ4v) is 2.73. The van der Waals surface area contributed by atoms with Crippen molar-refractivity contribution in [2.45, 2.75) is 32.7 Å². The van der Waals surface area contributed by atoms with Crippen LogP contribution in [0.2, 0.25) is 0 Å². The van der Waals surface area contributed by atoms with Crippen LogP contribution in [0.1, 0.15) is 47.8 Å². The molecule has 20 heavy (non-hydrogen) atoms. The molecule has 0 saturated heterocycles. The summed E-state index contributed by atoms with van der Waals surface area (Å²) in [6, 6.07) is 6.10. The predicted octanol–water partition coefficient (Wildman–Crippen LogP) is 2.15. The molecule has 1 aliphatic rings. The van der Waals surface area contributed by atoms with E-state index in [4.69, 9.17) is 0 Å². The standard InChI is InChI=1S/C16H22N2O2/c1-5-10(2)15(17-3)12-7-6-11-9-14(19)18(4)16(20)13(11)8-12/h6-8,10,15,17H,5,9H2,1-4H3. The molecular formula is C16H22N2O2. The van der Waals surface area contributed by atoms with Crippen molar-refractivity contribution in [2.75, 3.05) is 14.1 Å². The molecule has 108 valence electrons. The lowest BCUT2D eigenvalue weighted by Crippen LogP contribution is -2.39. The van der Waals surface area contributed by atoms with E-state index in [0.29, 0.717) is 17.9 Å². The van der Waals surface area contributed by atoms with Crippen LogP contribution in [0.25, 0.3) is 0 Å². The van der Waals surface area contributed by atoms with E-state index in [1.54, 1.807) is 7.05 Å². The number of nitrogens with one attached hydrogen (secondary N) is 1. The third kappa shape index (κ3) is 2.48. The van der Waals surface area contributed by atoms with Gasteiger partial charge in [0, 0.05) is 18.7 Å². The summed E-state index contributed by atoms with van der Waals surface area (Å²) >= 11 is 0. The number of nitrogens with zero attached hydrogens (tertiary/aromatic N) is 1. The molecule has 0 radical (unpaired) electrons. The van der Waals surface area contributed by atoms with E-state index in [0.717, 1.165) is 17.5 Å². The highest BCUT2D eigenvalue weighted by Gasteiger charge is 2.29. The van der Waals surface area contributed by atoms with Crippen molar-refractivity contribution in [1.29, 1.82) is 0 Å². The van der Waals surface area contributed by atoms with Gasteiger partial charge in [0.15, 0.2) is 0 Å². The first-order valence-corrected chi connectivity index (χ1v) is 7.10. The average molecular weight is 274 g/mol. The molecule has 1 aromatic carbocycles. The Morgan fingerprint density at radius 2 is 2.05 bits per heavy atom. The normalized spacial score (nSPS) is 17.9. The van der Waals surface area contributed by atoms with Crippen molar-refractivity contribution in [3.05, 3.63) is 34.9 Å². The SMILES string of the molecule is CCC(C)C(NC)c1ccc2c(c1)C(=O)N(C)C(=O)C2. The molecule has 1 aromatic rings. The maximum absolute atomic E-state index is 12.2. The molecule has 1 heterocycles. The lowest BCUT2D eigenvalue weighted by atomic mass is 9.88. The van der Waals surface area contributed by atoms with E-state index in [1.165, 1.54) is 4.90 Å². The van der Waals surface area contributed by atoms with E-state index >= 15 is 0 Å². The molecule has 1 N–H and O–H groups in total. The van der Waals surface area contributed by atoms with Gasteiger partial charge < -0.3 is 5.32 Å².